The zero-order chi connectivity index (χ0) is 13.6. The van der Waals surface area contributed by atoms with Crippen molar-refractivity contribution in [2.75, 3.05) is 6.54 Å². The largest absolute Gasteiger partial charge is 0.481 e. The third-order valence-corrected chi connectivity index (χ3v) is 3.45. The minimum atomic E-state index is -1.38. The molecule has 5 heteroatoms. The second kappa shape index (κ2) is 6.73. The fourth-order valence-electron chi connectivity index (χ4n) is 2.40. The number of hydrogen-bond donors (Lipinski definition) is 3. The number of carbonyl (C=O) groups excluding carboxylic acids is 1. The van der Waals surface area contributed by atoms with Crippen molar-refractivity contribution in [2.24, 2.45) is 5.92 Å². The molecule has 1 aliphatic carbocycles. The summed E-state index contributed by atoms with van der Waals surface area (Å²) in [6.45, 7) is 1.40. The maximum Gasteiger partial charge on any atom is 0.306 e. The summed E-state index contributed by atoms with van der Waals surface area (Å²) in [6, 6.07) is 0. The minimum absolute atomic E-state index is 0.0111. The van der Waals surface area contributed by atoms with Crippen molar-refractivity contribution < 1.29 is 19.8 Å². The summed E-state index contributed by atoms with van der Waals surface area (Å²) >= 11 is 0. The molecule has 0 aromatic heterocycles. The van der Waals surface area contributed by atoms with Crippen LogP contribution in [0.1, 0.15) is 51.9 Å². The molecule has 1 aliphatic rings. The van der Waals surface area contributed by atoms with Crippen LogP contribution in [0.3, 0.4) is 0 Å². The first-order valence-corrected chi connectivity index (χ1v) is 6.60. The predicted molar refractivity (Wildman–Crippen MR) is 67.1 cm³/mol. The van der Waals surface area contributed by atoms with Crippen LogP contribution in [0.15, 0.2) is 0 Å². The average molecular weight is 257 g/mol. The van der Waals surface area contributed by atoms with Crippen molar-refractivity contribution in [3.63, 3.8) is 0 Å². The zero-order valence-corrected chi connectivity index (χ0v) is 10.9. The first-order valence-electron chi connectivity index (χ1n) is 6.60. The van der Waals surface area contributed by atoms with E-state index in [1.807, 2.05) is 0 Å². The monoisotopic (exact) mass is 257 g/mol. The second-order valence-electron chi connectivity index (χ2n) is 5.53. The highest BCUT2D eigenvalue weighted by atomic mass is 16.4. The number of aliphatic carboxylic acids is 1. The molecule has 1 amide bonds. The van der Waals surface area contributed by atoms with Crippen molar-refractivity contribution in [2.45, 2.75) is 57.5 Å². The Morgan fingerprint density at radius 2 is 1.94 bits per heavy atom. The molecule has 0 bridgehead atoms. The number of aliphatic hydroxyl groups is 1. The van der Waals surface area contributed by atoms with Crippen molar-refractivity contribution >= 4 is 11.9 Å². The molecule has 5 nitrogen and oxygen atoms in total. The van der Waals surface area contributed by atoms with E-state index in [0.717, 1.165) is 6.42 Å². The van der Waals surface area contributed by atoms with Gasteiger partial charge in [-0.1, -0.05) is 25.7 Å². The van der Waals surface area contributed by atoms with Gasteiger partial charge in [0.1, 0.15) is 0 Å². The van der Waals surface area contributed by atoms with Gasteiger partial charge in [0.05, 0.1) is 12.0 Å². The van der Waals surface area contributed by atoms with Gasteiger partial charge >= 0.3 is 5.97 Å². The van der Waals surface area contributed by atoms with Crippen LogP contribution in [0, 0.1) is 5.92 Å². The first kappa shape index (κ1) is 15.0. The molecule has 1 fully saturated rings. The summed E-state index contributed by atoms with van der Waals surface area (Å²) in [5, 5.41) is 20.9. The van der Waals surface area contributed by atoms with E-state index in [1.54, 1.807) is 0 Å². The van der Waals surface area contributed by atoms with Crippen molar-refractivity contribution in [3.8, 4) is 0 Å². The SMILES string of the molecule is CC(O)(CNC(=O)CCC1CCCC1)CC(=O)O. The normalized spacial score (nSPS) is 19.4. The molecule has 1 atom stereocenters. The Bertz CT molecular complexity index is 295. The summed E-state index contributed by atoms with van der Waals surface area (Å²) in [5.74, 6) is -0.511. The zero-order valence-electron chi connectivity index (χ0n) is 10.9. The van der Waals surface area contributed by atoms with Gasteiger partial charge in [-0.25, -0.2) is 0 Å². The Kier molecular flexibility index (Phi) is 5.59. The van der Waals surface area contributed by atoms with Crippen LogP contribution < -0.4 is 5.32 Å². The highest BCUT2D eigenvalue weighted by Gasteiger charge is 2.25. The lowest BCUT2D eigenvalue weighted by molar-refractivity contribution is -0.142. The molecule has 104 valence electrons. The fraction of sp³-hybridized carbons (Fsp3) is 0.846. The van der Waals surface area contributed by atoms with Gasteiger partial charge in [0.2, 0.25) is 5.91 Å². The fourth-order valence-corrected chi connectivity index (χ4v) is 2.40. The highest BCUT2D eigenvalue weighted by molar-refractivity contribution is 5.76. The van der Waals surface area contributed by atoms with Gasteiger partial charge in [-0.05, 0) is 19.3 Å². The maximum atomic E-state index is 11.6. The molecule has 1 rings (SSSR count). The quantitative estimate of drug-likeness (QED) is 0.641. The molecule has 0 aromatic rings. The van der Waals surface area contributed by atoms with E-state index < -0.39 is 11.6 Å². The molecule has 0 radical (unpaired) electrons. The third-order valence-electron chi connectivity index (χ3n) is 3.45. The number of hydrogen-bond acceptors (Lipinski definition) is 3. The van der Waals surface area contributed by atoms with Gasteiger partial charge in [0.25, 0.3) is 0 Å². The molecule has 1 saturated carbocycles. The summed E-state index contributed by atoms with van der Waals surface area (Å²) in [7, 11) is 0. The van der Waals surface area contributed by atoms with Gasteiger partial charge in [-0.15, -0.1) is 0 Å². The smallest absolute Gasteiger partial charge is 0.306 e. The predicted octanol–water partition coefficient (Wildman–Crippen LogP) is 1.30. The topological polar surface area (TPSA) is 86.6 Å². The third kappa shape index (κ3) is 6.00. The molecular weight excluding hydrogens is 234 g/mol. The lowest BCUT2D eigenvalue weighted by Gasteiger charge is -2.21. The number of carboxylic acids is 1. The van der Waals surface area contributed by atoms with Gasteiger partial charge in [-0.3, -0.25) is 9.59 Å². The number of nitrogens with one attached hydrogen (secondary N) is 1. The lowest BCUT2D eigenvalue weighted by Crippen LogP contribution is -2.42. The van der Waals surface area contributed by atoms with Crippen LogP contribution >= 0.6 is 0 Å². The summed E-state index contributed by atoms with van der Waals surface area (Å²) in [5.41, 5.74) is -1.38. The summed E-state index contributed by atoms with van der Waals surface area (Å²) in [6.07, 6.45) is 5.95. The lowest BCUT2D eigenvalue weighted by atomic mass is 10.0. The van der Waals surface area contributed by atoms with E-state index in [0.29, 0.717) is 12.3 Å². The molecule has 18 heavy (non-hydrogen) atoms. The first-order chi connectivity index (χ1) is 8.39. The van der Waals surface area contributed by atoms with Crippen LogP contribution in [0.25, 0.3) is 0 Å². The van der Waals surface area contributed by atoms with Crippen LogP contribution in [0.4, 0.5) is 0 Å². The van der Waals surface area contributed by atoms with E-state index >= 15 is 0 Å². The Morgan fingerprint density at radius 1 is 1.33 bits per heavy atom. The molecule has 0 aliphatic heterocycles. The Morgan fingerprint density at radius 3 is 2.50 bits per heavy atom. The van der Waals surface area contributed by atoms with Crippen LogP contribution in [-0.2, 0) is 9.59 Å². The number of amides is 1. The molecule has 1 unspecified atom stereocenters. The highest BCUT2D eigenvalue weighted by Crippen LogP contribution is 2.28. The average Bonchev–Trinajstić information content (AvgIpc) is 2.74. The second-order valence-corrected chi connectivity index (χ2v) is 5.53. The number of carbonyl (C=O) groups is 2. The molecule has 0 aromatic carbocycles. The molecule has 0 heterocycles. The standard InChI is InChI=1S/C13H23NO4/c1-13(18,8-12(16)17)9-14-11(15)7-6-10-4-2-3-5-10/h10,18H,2-9H2,1H3,(H,14,15)(H,16,17). The Balaban J connectivity index is 2.17. The van der Waals surface area contributed by atoms with Crippen LogP contribution in [0.5, 0.6) is 0 Å². The molecule has 3 N–H and O–H groups in total. The number of carboxylic acid groups (broad SMARTS) is 1. The van der Waals surface area contributed by atoms with E-state index in [4.69, 9.17) is 5.11 Å². The Labute approximate surface area is 108 Å². The Hall–Kier alpha value is -1.10. The number of rotatable bonds is 7. The molecule has 0 spiro atoms. The van der Waals surface area contributed by atoms with Crippen LogP contribution in [-0.4, -0.2) is 34.2 Å². The van der Waals surface area contributed by atoms with Crippen LogP contribution in [0.2, 0.25) is 0 Å². The maximum absolute atomic E-state index is 11.6. The summed E-state index contributed by atoms with van der Waals surface area (Å²) < 4.78 is 0. The van der Waals surface area contributed by atoms with Gasteiger partial charge in [-0.2, -0.15) is 0 Å². The van der Waals surface area contributed by atoms with Gasteiger partial charge in [0.15, 0.2) is 0 Å². The van der Waals surface area contributed by atoms with E-state index in [-0.39, 0.29) is 18.9 Å². The van der Waals surface area contributed by atoms with Gasteiger partial charge in [0, 0.05) is 13.0 Å². The molecular formula is C13H23NO4. The molecule has 0 saturated heterocycles. The van der Waals surface area contributed by atoms with Crippen molar-refractivity contribution in [1.29, 1.82) is 0 Å². The van der Waals surface area contributed by atoms with Crippen molar-refractivity contribution in [1.82, 2.24) is 5.32 Å². The van der Waals surface area contributed by atoms with E-state index in [9.17, 15) is 14.7 Å². The van der Waals surface area contributed by atoms with E-state index in [2.05, 4.69) is 5.32 Å². The van der Waals surface area contributed by atoms with Crippen molar-refractivity contribution in [3.05, 3.63) is 0 Å². The summed E-state index contributed by atoms with van der Waals surface area (Å²) in [4.78, 5) is 22.0. The minimum Gasteiger partial charge on any atom is -0.481 e. The van der Waals surface area contributed by atoms with E-state index in [1.165, 1.54) is 32.6 Å². The van der Waals surface area contributed by atoms with Gasteiger partial charge < -0.3 is 15.5 Å².